The summed E-state index contributed by atoms with van der Waals surface area (Å²) >= 11 is 6.46. The van der Waals surface area contributed by atoms with Crippen molar-refractivity contribution in [2.75, 3.05) is 18.0 Å². The van der Waals surface area contributed by atoms with Gasteiger partial charge in [-0.15, -0.1) is 0 Å². The second kappa shape index (κ2) is 15.5. The first kappa shape index (κ1) is 34.0. The van der Waals surface area contributed by atoms with Crippen LogP contribution in [0.25, 0.3) is 0 Å². The summed E-state index contributed by atoms with van der Waals surface area (Å²) in [6.45, 7) is 1.53. The number of hydrogen-bond donors (Lipinski definition) is 1. The van der Waals surface area contributed by atoms with Gasteiger partial charge in [-0.25, -0.2) is 8.42 Å². The number of rotatable bonds is 13. The molecule has 0 aliphatic heterocycles. The Labute approximate surface area is 282 Å². The average molecular weight is 674 g/mol. The molecule has 2 amide bonds. The first-order valence-electron chi connectivity index (χ1n) is 15.8. The first-order chi connectivity index (χ1) is 22.7. The van der Waals surface area contributed by atoms with Gasteiger partial charge in [-0.05, 0) is 61.2 Å². The summed E-state index contributed by atoms with van der Waals surface area (Å²) in [4.78, 5) is 30.3. The van der Waals surface area contributed by atoms with Gasteiger partial charge in [0.2, 0.25) is 11.8 Å². The fraction of sp³-hybridized carbons (Fsp3) is 0.297. The Kier molecular flexibility index (Phi) is 11.2. The molecule has 4 aromatic rings. The van der Waals surface area contributed by atoms with Gasteiger partial charge >= 0.3 is 0 Å². The number of nitrogens with zero attached hydrogens (tertiary/aromatic N) is 2. The number of anilines is 1. The second-order valence-corrected chi connectivity index (χ2v) is 14.1. The molecule has 1 atom stereocenters. The van der Waals surface area contributed by atoms with Crippen molar-refractivity contribution in [3.05, 3.63) is 125 Å². The topological polar surface area (TPSA) is 96.0 Å². The van der Waals surface area contributed by atoms with Gasteiger partial charge in [0, 0.05) is 19.0 Å². The molecule has 0 radical (unpaired) electrons. The van der Waals surface area contributed by atoms with Gasteiger partial charge in [-0.1, -0.05) is 103 Å². The number of nitrogens with one attached hydrogen (secondary N) is 1. The number of methoxy groups -OCH3 is 1. The Balaban J connectivity index is 1.57. The van der Waals surface area contributed by atoms with Crippen molar-refractivity contribution in [1.29, 1.82) is 0 Å². The van der Waals surface area contributed by atoms with E-state index in [0.717, 1.165) is 46.7 Å². The van der Waals surface area contributed by atoms with Crippen LogP contribution in [-0.4, -0.2) is 50.9 Å². The van der Waals surface area contributed by atoms with Gasteiger partial charge in [0.15, 0.2) is 0 Å². The number of hydrogen-bond acceptors (Lipinski definition) is 5. The Bertz CT molecular complexity index is 1760. The van der Waals surface area contributed by atoms with Gasteiger partial charge in [0.1, 0.15) is 18.3 Å². The lowest BCUT2D eigenvalue weighted by molar-refractivity contribution is -0.140. The molecule has 1 fully saturated rings. The van der Waals surface area contributed by atoms with E-state index in [0.29, 0.717) is 5.75 Å². The molecule has 1 aliphatic rings. The van der Waals surface area contributed by atoms with Crippen molar-refractivity contribution < 1.29 is 22.7 Å². The smallest absolute Gasteiger partial charge is 0.264 e. The Morgan fingerprint density at radius 3 is 2.15 bits per heavy atom. The highest BCUT2D eigenvalue weighted by atomic mass is 35.5. The number of ether oxygens (including phenoxy) is 1. The van der Waals surface area contributed by atoms with E-state index in [1.807, 2.05) is 61.5 Å². The van der Waals surface area contributed by atoms with Crippen LogP contribution in [0.5, 0.6) is 5.75 Å². The number of halogens is 1. The van der Waals surface area contributed by atoms with Crippen LogP contribution >= 0.6 is 11.6 Å². The van der Waals surface area contributed by atoms with E-state index in [4.69, 9.17) is 16.3 Å². The zero-order valence-electron chi connectivity index (χ0n) is 26.6. The van der Waals surface area contributed by atoms with E-state index < -0.39 is 28.5 Å². The molecule has 10 heteroatoms. The second-order valence-electron chi connectivity index (χ2n) is 11.8. The highest BCUT2D eigenvalue weighted by Crippen LogP contribution is 2.32. The van der Waals surface area contributed by atoms with E-state index in [1.54, 1.807) is 30.3 Å². The van der Waals surface area contributed by atoms with Crippen molar-refractivity contribution in [1.82, 2.24) is 10.2 Å². The minimum absolute atomic E-state index is 0.0182. The summed E-state index contributed by atoms with van der Waals surface area (Å²) in [6.07, 6.45) is 4.11. The van der Waals surface area contributed by atoms with Crippen molar-refractivity contribution in [2.24, 2.45) is 0 Å². The minimum atomic E-state index is -4.24. The van der Waals surface area contributed by atoms with E-state index >= 15 is 0 Å². The monoisotopic (exact) mass is 673 g/mol. The zero-order valence-corrected chi connectivity index (χ0v) is 28.2. The van der Waals surface area contributed by atoms with Gasteiger partial charge in [-0.3, -0.25) is 13.9 Å². The van der Waals surface area contributed by atoms with Crippen molar-refractivity contribution >= 4 is 39.1 Å². The molecule has 1 unspecified atom stereocenters. The van der Waals surface area contributed by atoms with Crippen LogP contribution in [0.1, 0.15) is 42.4 Å². The zero-order chi connectivity index (χ0) is 33.4. The summed E-state index contributed by atoms with van der Waals surface area (Å²) < 4.78 is 34.7. The van der Waals surface area contributed by atoms with Crippen LogP contribution < -0.4 is 14.4 Å². The highest BCUT2D eigenvalue weighted by Gasteiger charge is 2.35. The van der Waals surface area contributed by atoms with Gasteiger partial charge in [-0.2, -0.15) is 0 Å². The predicted molar refractivity (Wildman–Crippen MR) is 185 cm³/mol. The Morgan fingerprint density at radius 2 is 1.53 bits per heavy atom. The van der Waals surface area contributed by atoms with Crippen LogP contribution in [0.4, 0.5) is 5.69 Å². The number of amides is 2. The molecule has 8 nitrogen and oxygen atoms in total. The highest BCUT2D eigenvalue weighted by molar-refractivity contribution is 7.92. The van der Waals surface area contributed by atoms with Gasteiger partial charge in [0.05, 0.1) is 22.7 Å². The van der Waals surface area contributed by atoms with Crippen molar-refractivity contribution in [3.63, 3.8) is 0 Å². The van der Waals surface area contributed by atoms with Crippen LogP contribution in [0.2, 0.25) is 5.02 Å². The molecule has 0 bridgehead atoms. The van der Waals surface area contributed by atoms with Crippen LogP contribution in [-0.2, 0) is 32.6 Å². The minimum Gasteiger partial charge on any atom is -0.495 e. The van der Waals surface area contributed by atoms with E-state index in [9.17, 15) is 18.0 Å². The SMILES string of the molecule is COc1ccc(N(CC(=O)N(Cc2ccc(C)cc2)C(Cc2ccccc2)C(=O)NC2CCCC2)S(=O)(=O)c2ccccc2)cc1Cl. The maximum absolute atomic E-state index is 14.6. The average Bonchev–Trinajstić information content (AvgIpc) is 3.59. The number of aryl methyl sites for hydroxylation is 1. The number of carbonyl (C=O) groups excluding carboxylic acids is 2. The molecule has 4 aromatic carbocycles. The van der Waals surface area contributed by atoms with Gasteiger partial charge in [0.25, 0.3) is 10.0 Å². The quantitative estimate of drug-likeness (QED) is 0.174. The Morgan fingerprint density at radius 1 is 0.894 bits per heavy atom. The molecular formula is C37H40ClN3O5S. The lowest BCUT2D eigenvalue weighted by Gasteiger charge is -2.34. The largest absolute Gasteiger partial charge is 0.495 e. The fourth-order valence-electron chi connectivity index (χ4n) is 5.87. The fourth-order valence-corrected chi connectivity index (χ4v) is 7.55. The van der Waals surface area contributed by atoms with Crippen LogP contribution in [0.15, 0.2) is 108 Å². The maximum Gasteiger partial charge on any atom is 0.264 e. The number of benzene rings is 4. The van der Waals surface area contributed by atoms with E-state index in [-0.39, 0.29) is 40.5 Å². The molecule has 1 saturated carbocycles. The van der Waals surface area contributed by atoms with Crippen LogP contribution in [0, 0.1) is 6.92 Å². The van der Waals surface area contributed by atoms with Crippen molar-refractivity contribution in [3.8, 4) is 5.75 Å². The summed E-state index contributed by atoms with van der Waals surface area (Å²) in [7, 11) is -2.77. The summed E-state index contributed by atoms with van der Waals surface area (Å²) in [5.41, 5.74) is 2.96. The molecule has 0 saturated heterocycles. The summed E-state index contributed by atoms with van der Waals surface area (Å²) in [5.74, 6) is -0.419. The maximum atomic E-state index is 14.6. The number of sulfonamides is 1. The third kappa shape index (κ3) is 8.53. The number of carbonyl (C=O) groups is 2. The third-order valence-electron chi connectivity index (χ3n) is 8.48. The molecule has 0 spiro atoms. The lowest BCUT2D eigenvalue weighted by Crippen LogP contribution is -2.54. The van der Waals surface area contributed by atoms with Gasteiger partial charge < -0.3 is 15.0 Å². The van der Waals surface area contributed by atoms with E-state index in [2.05, 4.69) is 5.32 Å². The normalized spacial score (nSPS) is 13.9. The molecule has 0 aromatic heterocycles. The molecule has 1 N–H and O–H groups in total. The third-order valence-corrected chi connectivity index (χ3v) is 10.6. The lowest BCUT2D eigenvalue weighted by atomic mass is 10.0. The predicted octanol–water partition coefficient (Wildman–Crippen LogP) is 6.55. The standard InChI is InChI=1S/C37H40ClN3O5S/c1-27-17-19-29(20-18-27)25-40(34(23-28-11-5-3-6-12-28)37(43)39-30-13-9-10-14-30)36(42)26-41(31-21-22-35(46-2)33(38)24-31)47(44,45)32-15-7-4-8-16-32/h3-8,11-12,15-22,24,30,34H,9-10,13-14,23,25-26H2,1-2H3,(H,39,43). The molecule has 1 aliphatic carbocycles. The Hall–Kier alpha value is -4.34. The van der Waals surface area contributed by atoms with E-state index in [1.165, 1.54) is 30.2 Å². The summed E-state index contributed by atoms with van der Waals surface area (Å²) in [6, 6.07) is 29.0. The molecule has 5 rings (SSSR count). The molecule has 0 heterocycles. The summed E-state index contributed by atoms with van der Waals surface area (Å²) in [5, 5.41) is 3.39. The van der Waals surface area contributed by atoms with Crippen LogP contribution in [0.3, 0.4) is 0 Å². The molecule has 47 heavy (non-hydrogen) atoms. The first-order valence-corrected chi connectivity index (χ1v) is 17.6. The molecular weight excluding hydrogens is 634 g/mol. The molecule has 246 valence electrons. The van der Waals surface area contributed by atoms with Crippen molar-refractivity contribution in [2.45, 2.75) is 62.6 Å².